The molecule has 4 heteroatoms. The van der Waals surface area contributed by atoms with Crippen LogP contribution in [0.5, 0.6) is 0 Å². The van der Waals surface area contributed by atoms with Crippen LogP contribution in [0.4, 0.5) is 0 Å². The van der Waals surface area contributed by atoms with E-state index in [0.717, 1.165) is 43.9 Å². The summed E-state index contributed by atoms with van der Waals surface area (Å²) in [5.41, 5.74) is 5.20. The van der Waals surface area contributed by atoms with Crippen LogP contribution in [-0.4, -0.2) is 9.97 Å². The van der Waals surface area contributed by atoms with Gasteiger partial charge in [0.25, 0.3) is 0 Å². The number of benzene rings is 3. The van der Waals surface area contributed by atoms with E-state index in [0.29, 0.717) is 5.58 Å². The molecule has 0 bridgehead atoms. The Bertz CT molecular complexity index is 1260. The first-order valence-corrected chi connectivity index (χ1v) is 7.48. The first kappa shape index (κ1) is 11.3. The van der Waals surface area contributed by atoms with Gasteiger partial charge in [-0.05, 0) is 12.1 Å². The summed E-state index contributed by atoms with van der Waals surface area (Å²) < 4.78 is 11.7. The van der Waals surface area contributed by atoms with Crippen molar-refractivity contribution >= 4 is 54.8 Å². The van der Waals surface area contributed by atoms with Gasteiger partial charge in [0.05, 0.1) is 5.52 Å². The highest BCUT2D eigenvalue weighted by Crippen LogP contribution is 2.42. The van der Waals surface area contributed by atoms with E-state index in [4.69, 9.17) is 8.83 Å². The summed E-state index contributed by atoms with van der Waals surface area (Å²) in [6.45, 7) is 0. The number of hydrogen-bond donors (Lipinski definition) is 1. The minimum atomic E-state index is 0.690. The fourth-order valence-corrected chi connectivity index (χ4v) is 3.62. The lowest BCUT2D eigenvalue weighted by atomic mass is 10.0. The molecule has 0 unspecified atom stereocenters. The molecule has 3 heterocycles. The van der Waals surface area contributed by atoms with Gasteiger partial charge in [0.2, 0.25) is 0 Å². The zero-order valence-corrected chi connectivity index (χ0v) is 12.0. The third-order valence-corrected chi connectivity index (χ3v) is 4.56. The Labute approximate surface area is 129 Å². The quantitative estimate of drug-likeness (QED) is 0.410. The second-order valence-corrected chi connectivity index (χ2v) is 5.75. The predicted molar refractivity (Wildman–Crippen MR) is 90.6 cm³/mol. The molecule has 0 fully saturated rings. The van der Waals surface area contributed by atoms with Crippen molar-refractivity contribution in [2.24, 2.45) is 0 Å². The maximum Gasteiger partial charge on any atom is 0.199 e. The van der Waals surface area contributed by atoms with Gasteiger partial charge in [0, 0.05) is 27.1 Å². The van der Waals surface area contributed by atoms with Gasteiger partial charge in [-0.25, -0.2) is 4.98 Å². The van der Waals surface area contributed by atoms with Crippen LogP contribution in [0.2, 0.25) is 0 Å². The van der Waals surface area contributed by atoms with Gasteiger partial charge in [-0.15, -0.1) is 0 Å². The van der Waals surface area contributed by atoms with E-state index < -0.39 is 0 Å². The lowest BCUT2D eigenvalue weighted by Crippen LogP contribution is -1.76. The Morgan fingerprint density at radius 3 is 2.61 bits per heavy atom. The molecular formula is C19H10N2O2. The summed E-state index contributed by atoms with van der Waals surface area (Å²) in [7, 11) is 0. The van der Waals surface area contributed by atoms with Crippen LogP contribution in [0.15, 0.2) is 63.8 Å². The molecule has 108 valence electrons. The maximum absolute atomic E-state index is 6.10. The highest BCUT2D eigenvalue weighted by atomic mass is 16.4. The smallest absolute Gasteiger partial charge is 0.199 e. The third kappa shape index (κ3) is 1.25. The van der Waals surface area contributed by atoms with Crippen LogP contribution in [0, 0.1) is 0 Å². The molecule has 0 saturated carbocycles. The SMILES string of the molecule is c1ccc2c(c1)[nH]c1c3ncoc3c3oc4ccccc4c3c21. The van der Waals surface area contributed by atoms with E-state index in [2.05, 4.69) is 34.2 Å². The zero-order chi connectivity index (χ0) is 15.0. The van der Waals surface area contributed by atoms with E-state index in [1.54, 1.807) is 0 Å². The molecule has 0 saturated heterocycles. The summed E-state index contributed by atoms with van der Waals surface area (Å²) >= 11 is 0. The summed E-state index contributed by atoms with van der Waals surface area (Å²) in [6.07, 6.45) is 1.47. The number of hydrogen-bond acceptors (Lipinski definition) is 3. The van der Waals surface area contributed by atoms with Gasteiger partial charge in [-0.2, -0.15) is 0 Å². The predicted octanol–water partition coefficient (Wildman–Crippen LogP) is 5.36. The Kier molecular flexibility index (Phi) is 1.84. The van der Waals surface area contributed by atoms with E-state index in [1.807, 2.05) is 24.3 Å². The molecule has 0 spiro atoms. The van der Waals surface area contributed by atoms with Crippen molar-refractivity contribution in [1.82, 2.24) is 9.97 Å². The fourth-order valence-electron chi connectivity index (χ4n) is 3.62. The summed E-state index contributed by atoms with van der Waals surface area (Å²) in [5.74, 6) is 0. The molecule has 4 nitrogen and oxygen atoms in total. The van der Waals surface area contributed by atoms with Crippen molar-refractivity contribution in [2.75, 3.05) is 0 Å². The molecular weight excluding hydrogens is 288 g/mol. The van der Waals surface area contributed by atoms with Gasteiger partial charge in [0.1, 0.15) is 11.1 Å². The second kappa shape index (κ2) is 3.73. The van der Waals surface area contributed by atoms with Crippen LogP contribution in [0.3, 0.4) is 0 Å². The number of aromatic amines is 1. The number of fused-ring (bicyclic) bond motifs is 10. The van der Waals surface area contributed by atoms with Crippen LogP contribution < -0.4 is 0 Å². The molecule has 0 aliphatic carbocycles. The normalized spacial score (nSPS) is 12.3. The van der Waals surface area contributed by atoms with Gasteiger partial charge in [-0.1, -0.05) is 36.4 Å². The second-order valence-electron chi connectivity index (χ2n) is 5.75. The molecule has 1 N–H and O–H groups in total. The standard InChI is InChI=1S/C19H10N2O2/c1-3-7-12-10(5-1)14-15-11-6-2-4-8-13(11)23-18(15)19-17(16(14)21-12)20-9-22-19/h1-9,21H. The summed E-state index contributed by atoms with van der Waals surface area (Å²) in [5, 5.41) is 4.48. The van der Waals surface area contributed by atoms with Gasteiger partial charge in [-0.3, -0.25) is 0 Å². The van der Waals surface area contributed by atoms with Crippen molar-refractivity contribution in [1.29, 1.82) is 0 Å². The number of nitrogens with zero attached hydrogens (tertiary/aromatic N) is 1. The number of furan rings is 1. The van der Waals surface area contributed by atoms with Gasteiger partial charge in [0.15, 0.2) is 17.6 Å². The van der Waals surface area contributed by atoms with Crippen molar-refractivity contribution < 1.29 is 8.83 Å². The Hall–Kier alpha value is -3.27. The first-order valence-electron chi connectivity index (χ1n) is 7.48. The monoisotopic (exact) mass is 298 g/mol. The van der Waals surface area contributed by atoms with Crippen molar-refractivity contribution in [3.05, 3.63) is 54.9 Å². The molecule has 23 heavy (non-hydrogen) atoms. The number of oxazole rings is 1. The van der Waals surface area contributed by atoms with Crippen LogP contribution >= 0.6 is 0 Å². The Balaban J connectivity index is 2.11. The zero-order valence-electron chi connectivity index (χ0n) is 12.0. The van der Waals surface area contributed by atoms with Crippen LogP contribution in [-0.2, 0) is 0 Å². The van der Waals surface area contributed by atoms with E-state index in [-0.39, 0.29) is 0 Å². The lowest BCUT2D eigenvalue weighted by molar-refractivity contribution is 0.589. The van der Waals surface area contributed by atoms with E-state index in [1.165, 1.54) is 11.8 Å². The Morgan fingerprint density at radius 1 is 0.826 bits per heavy atom. The number of nitrogens with one attached hydrogen (secondary N) is 1. The molecule has 0 amide bonds. The minimum Gasteiger partial charge on any atom is -0.452 e. The van der Waals surface area contributed by atoms with E-state index >= 15 is 0 Å². The number of aromatic nitrogens is 2. The Morgan fingerprint density at radius 2 is 1.65 bits per heavy atom. The fraction of sp³-hybridized carbons (Fsp3) is 0. The molecule has 3 aromatic carbocycles. The molecule has 3 aromatic heterocycles. The molecule has 0 aliphatic heterocycles. The highest BCUT2D eigenvalue weighted by Gasteiger charge is 2.21. The van der Waals surface area contributed by atoms with Crippen LogP contribution in [0.1, 0.15) is 0 Å². The largest absolute Gasteiger partial charge is 0.452 e. The van der Waals surface area contributed by atoms with Gasteiger partial charge < -0.3 is 13.8 Å². The van der Waals surface area contributed by atoms with E-state index in [9.17, 15) is 0 Å². The van der Waals surface area contributed by atoms with Crippen molar-refractivity contribution in [3.8, 4) is 0 Å². The number of H-pyrrole nitrogens is 1. The van der Waals surface area contributed by atoms with Crippen molar-refractivity contribution in [2.45, 2.75) is 0 Å². The van der Waals surface area contributed by atoms with Crippen LogP contribution in [0.25, 0.3) is 54.8 Å². The summed E-state index contributed by atoms with van der Waals surface area (Å²) in [6, 6.07) is 16.4. The topological polar surface area (TPSA) is 55.0 Å². The molecule has 6 aromatic rings. The minimum absolute atomic E-state index is 0.690. The highest BCUT2D eigenvalue weighted by molar-refractivity contribution is 6.33. The third-order valence-electron chi connectivity index (χ3n) is 4.56. The molecule has 0 aliphatic rings. The number of rotatable bonds is 0. The van der Waals surface area contributed by atoms with Gasteiger partial charge >= 0.3 is 0 Å². The maximum atomic E-state index is 6.10. The molecule has 0 atom stereocenters. The average molecular weight is 298 g/mol. The van der Waals surface area contributed by atoms with Crippen molar-refractivity contribution in [3.63, 3.8) is 0 Å². The molecule has 0 radical (unpaired) electrons. The lowest BCUT2D eigenvalue weighted by Gasteiger charge is -1.96. The average Bonchev–Trinajstić information content (AvgIpc) is 3.28. The molecule has 6 rings (SSSR count). The first-order chi connectivity index (χ1) is 11.4. The number of para-hydroxylation sites is 2. The summed E-state index contributed by atoms with van der Waals surface area (Å²) in [4.78, 5) is 7.89.